The molecule has 0 saturated heterocycles. The molecule has 7 nitrogen and oxygen atoms in total. The lowest BCUT2D eigenvalue weighted by Gasteiger charge is -2.10. The fourth-order valence-corrected chi connectivity index (χ4v) is 2.92. The molecule has 3 rings (SSSR count). The number of carbonyl (C=O) groups excluding carboxylic acids is 3. The number of para-hydroxylation sites is 1. The average Bonchev–Trinajstić information content (AvgIpc) is 2.80. The summed E-state index contributed by atoms with van der Waals surface area (Å²) >= 11 is 5.78. The van der Waals surface area contributed by atoms with E-state index in [0.29, 0.717) is 22.1 Å². The van der Waals surface area contributed by atoms with Gasteiger partial charge in [-0.15, -0.1) is 0 Å². The van der Waals surface area contributed by atoms with E-state index in [4.69, 9.17) is 21.1 Å². The molecule has 3 aromatic carbocycles. The molecule has 0 aromatic heterocycles. The van der Waals surface area contributed by atoms with Crippen LogP contribution in [-0.2, 0) is 19.1 Å². The standard InChI is InChI=1S/C25H23ClN2O5/c1-17-4-2-3-5-22(17)33-21-12-10-20(11-13-21)27-23(29)14-15-25(31)32-16-24(30)28-19-8-6-18(26)7-9-19/h2-13H,14-16H2,1H3,(H,27,29)(H,28,30). The van der Waals surface area contributed by atoms with E-state index in [1.54, 1.807) is 48.5 Å². The third-order valence-corrected chi connectivity index (χ3v) is 4.76. The predicted octanol–water partition coefficient (Wildman–Crippen LogP) is 5.34. The van der Waals surface area contributed by atoms with Crippen molar-refractivity contribution in [3.63, 3.8) is 0 Å². The number of amides is 2. The molecule has 0 bridgehead atoms. The summed E-state index contributed by atoms with van der Waals surface area (Å²) in [6.07, 6.45) is -0.215. The van der Waals surface area contributed by atoms with Gasteiger partial charge in [-0.05, 0) is 67.1 Å². The molecule has 8 heteroatoms. The summed E-state index contributed by atoms with van der Waals surface area (Å²) in [6, 6.07) is 21.1. The number of halogens is 1. The van der Waals surface area contributed by atoms with Crippen molar-refractivity contribution in [1.82, 2.24) is 0 Å². The fourth-order valence-electron chi connectivity index (χ4n) is 2.79. The van der Waals surface area contributed by atoms with Crippen LogP contribution < -0.4 is 15.4 Å². The first kappa shape index (κ1) is 23.8. The molecule has 0 fully saturated rings. The Labute approximate surface area is 196 Å². The second-order valence-electron chi connectivity index (χ2n) is 7.16. The quantitative estimate of drug-likeness (QED) is 0.415. The zero-order chi connectivity index (χ0) is 23.6. The molecule has 2 amide bonds. The molecule has 0 aliphatic carbocycles. The lowest BCUT2D eigenvalue weighted by atomic mass is 10.2. The minimum Gasteiger partial charge on any atom is -0.457 e. The van der Waals surface area contributed by atoms with Crippen molar-refractivity contribution >= 4 is 40.8 Å². The second-order valence-corrected chi connectivity index (χ2v) is 7.59. The van der Waals surface area contributed by atoms with Gasteiger partial charge in [0.2, 0.25) is 5.91 Å². The normalized spacial score (nSPS) is 10.2. The van der Waals surface area contributed by atoms with E-state index in [1.807, 2.05) is 31.2 Å². The van der Waals surface area contributed by atoms with Crippen molar-refractivity contribution in [2.45, 2.75) is 19.8 Å². The Morgan fingerprint density at radius 2 is 1.39 bits per heavy atom. The highest BCUT2D eigenvalue weighted by Gasteiger charge is 2.11. The molecule has 0 radical (unpaired) electrons. The molecular formula is C25H23ClN2O5. The topological polar surface area (TPSA) is 93.7 Å². The first-order valence-corrected chi connectivity index (χ1v) is 10.6. The molecule has 0 spiro atoms. The second kappa shape index (κ2) is 11.7. The van der Waals surface area contributed by atoms with Gasteiger partial charge in [-0.1, -0.05) is 29.8 Å². The highest BCUT2D eigenvalue weighted by atomic mass is 35.5. The van der Waals surface area contributed by atoms with Gasteiger partial charge < -0.3 is 20.1 Å². The molecule has 0 saturated carbocycles. The van der Waals surface area contributed by atoms with Gasteiger partial charge in [0.05, 0.1) is 6.42 Å². The third kappa shape index (κ3) is 7.97. The maximum atomic E-state index is 12.1. The zero-order valence-corrected chi connectivity index (χ0v) is 18.7. The van der Waals surface area contributed by atoms with E-state index in [0.717, 1.165) is 11.3 Å². The van der Waals surface area contributed by atoms with Gasteiger partial charge in [0, 0.05) is 22.8 Å². The maximum Gasteiger partial charge on any atom is 0.306 e. The van der Waals surface area contributed by atoms with Gasteiger partial charge in [0.15, 0.2) is 6.61 Å². The SMILES string of the molecule is Cc1ccccc1Oc1ccc(NC(=O)CCC(=O)OCC(=O)Nc2ccc(Cl)cc2)cc1. The van der Waals surface area contributed by atoms with E-state index in [-0.39, 0.29) is 18.7 Å². The number of nitrogens with one attached hydrogen (secondary N) is 2. The Morgan fingerprint density at radius 1 is 0.788 bits per heavy atom. The molecule has 0 unspecified atom stereocenters. The van der Waals surface area contributed by atoms with Crippen LogP contribution in [0.25, 0.3) is 0 Å². The fraction of sp³-hybridized carbons (Fsp3) is 0.160. The number of benzene rings is 3. The van der Waals surface area contributed by atoms with E-state index >= 15 is 0 Å². The maximum absolute atomic E-state index is 12.1. The van der Waals surface area contributed by atoms with Crippen molar-refractivity contribution < 1.29 is 23.9 Å². The molecule has 170 valence electrons. The van der Waals surface area contributed by atoms with Crippen molar-refractivity contribution in [1.29, 1.82) is 0 Å². The van der Waals surface area contributed by atoms with Gasteiger partial charge in [-0.2, -0.15) is 0 Å². The highest BCUT2D eigenvalue weighted by Crippen LogP contribution is 2.25. The summed E-state index contributed by atoms with van der Waals surface area (Å²) < 4.78 is 10.7. The number of aryl methyl sites for hydroxylation is 1. The molecule has 3 aromatic rings. The van der Waals surface area contributed by atoms with E-state index in [1.165, 1.54) is 0 Å². The van der Waals surface area contributed by atoms with Crippen LogP contribution in [0.5, 0.6) is 11.5 Å². The lowest BCUT2D eigenvalue weighted by molar-refractivity contribution is -0.147. The number of rotatable bonds is 9. The monoisotopic (exact) mass is 466 g/mol. The van der Waals surface area contributed by atoms with Crippen molar-refractivity contribution in [3.8, 4) is 11.5 Å². The first-order chi connectivity index (χ1) is 15.9. The molecule has 0 aliphatic rings. The average molecular weight is 467 g/mol. The minimum absolute atomic E-state index is 0.0703. The van der Waals surface area contributed by atoms with Crippen molar-refractivity contribution in [2.75, 3.05) is 17.2 Å². The van der Waals surface area contributed by atoms with Gasteiger partial charge in [0.1, 0.15) is 11.5 Å². The van der Waals surface area contributed by atoms with Crippen LogP contribution in [0.15, 0.2) is 72.8 Å². The summed E-state index contributed by atoms with van der Waals surface area (Å²) in [5, 5.41) is 5.84. The Balaban J connectivity index is 1.37. The number of hydrogen-bond donors (Lipinski definition) is 2. The largest absolute Gasteiger partial charge is 0.457 e. The molecule has 0 heterocycles. The van der Waals surface area contributed by atoms with Gasteiger partial charge >= 0.3 is 5.97 Å². The minimum atomic E-state index is -0.640. The number of esters is 1. The summed E-state index contributed by atoms with van der Waals surface area (Å²) in [4.78, 5) is 35.8. The van der Waals surface area contributed by atoms with Crippen LogP contribution in [-0.4, -0.2) is 24.4 Å². The van der Waals surface area contributed by atoms with Crippen LogP contribution in [0.2, 0.25) is 5.02 Å². The van der Waals surface area contributed by atoms with Crippen molar-refractivity contribution in [3.05, 3.63) is 83.4 Å². The van der Waals surface area contributed by atoms with Crippen LogP contribution in [0, 0.1) is 6.92 Å². The summed E-state index contributed by atoms with van der Waals surface area (Å²) in [5.41, 5.74) is 2.13. The van der Waals surface area contributed by atoms with E-state index in [9.17, 15) is 14.4 Å². The van der Waals surface area contributed by atoms with Gasteiger partial charge in [0.25, 0.3) is 5.91 Å². The molecule has 2 N–H and O–H groups in total. The Hall–Kier alpha value is -3.84. The number of hydrogen-bond acceptors (Lipinski definition) is 5. The molecular weight excluding hydrogens is 444 g/mol. The third-order valence-electron chi connectivity index (χ3n) is 4.51. The van der Waals surface area contributed by atoms with Crippen LogP contribution in [0.4, 0.5) is 11.4 Å². The van der Waals surface area contributed by atoms with Crippen LogP contribution in [0.3, 0.4) is 0 Å². The lowest BCUT2D eigenvalue weighted by Crippen LogP contribution is -2.21. The summed E-state index contributed by atoms with van der Waals surface area (Å²) in [7, 11) is 0. The molecule has 0 atom stereocenters. The van der Waals surface area contributed by atoms with Crippen LogP contribution in [0.1, 0.15) is 18.4 Å². The Bertz CT molecular complexity index is 1110. The van der Waals surface area contributed by atoms with Gasteiger partial charge in [-0.25, -0.2) is 0 Å². The van der Waals surface area contributed by atoms with Gasteiger partial charge in [-0.3, -0.25) is 14.4 Å². The predicted molar refractivity (Wildman–Crippen MR) is 127 cm³/mol. The van der Waals surface area contributed by atoms with Crippen LogP contribution >= 0.6 is 11.6 Å². The summed E-state index contributed by atoms with van der Waals surface area (Å²) in [6.45, 7) is 1.52. The summed E-state index contributed by atoms with van der Waals surface area (Å²) in [5.74, 6) is -0.0657. The number of ether oxygens (including phenoxy) is 2. The first-order valence-electron chi connectivity index (χ1n) is 10.2. The van der Waals surface area contributed by atoms with E-state index in [2.05, 4.69) is 10.6 Å². The number of anilines is 2. The zero-order valence-electron chi connectivity index (χ0n) is 18.0. The highest BCUT2D eigenvalue weighted by molar-refractivity contribution is 6.30. The Morgan fingerprint density at radius 3 is 2.06 bits per heavy atom. The number of carbonyl (C=O) groups is 3. The molecule has 33 heavy (non-hydrogen) atoms. The smallest absolute Gasteiger partial charge is 0.306 e. The van der Waals surface area contributed by atoms with Crippen molar-refractivity contribution in [2.24, 2.45) is 0 Å². The Kier molecular flexibility index (Phi) is 8.43. The molecule has 0 aliphatic heterocycles. The van der Waals surface area contributed by atoms with E-state index < -0.39 is 18.5 Å².